The molecule has 0 bridgehead atoms. The van der Waals surface area contributed by atoms with E-state index < -0.39 is 0 Å². The molecule has 0 aliphatic rings. The second-order valence-corrected chi connectivity index (χ2v) is 8.39. The van der Waals surface area contributed by atoms with Crippen LogP contribution in [0.1, 0.15) is 49.9 Å². The minimum atomic E-state index is -0.0503. The molecule has 165 valence electrons. The second-order valence-electron chi connectivity index (χ2n) is 7.11. The number of carbonyl (C=O) groups is 1. The van der Waals surface area contributed by atoms with E-state index in [1.165, 1.54) is 33.5 Å². The number of carbonyl (C=O) groups excluding carboxylic acids is 1. The number of hydrogen-bond acceptors (Lipinski definition) is 5. The molecule has 2 unspecified atom stereocenters. The number of benzene rings is 2. The van der Waals surface area contributed by atoms with Gasteiger partial charge in [0.15, 0.2) is 5.52 Å². The Morgan fingerprint density at radius 3 is 2.03 bits per heavy atom. The molecule has 0 fully saturated rings. The molecule has 0 N–H and O–H groups in total. The van der Waals surface area contributed by atoms with Gasteiger partial charge in [-0.05, 0) is 38.4 Å². The summed E-state index contributed by atoms with van der Waals surface area (Å²) in [4.78, 5) is 13.0. The van der Waals surface area contributed by atoms with Crippen LogP contribution in [-0.4, -0.2) is 52.3 Å². The van der Waals surface area contributed by atoms with Crippen molar-refractivity contribution in [2.75, 3.05) is 27.9 Å². The molecule has 0 saturated heterocycles. The first-order valence-corrected chi connectivity index (χ1v) is 11.4. The monoisotopic (exact) mass is 439 g/mol. The molecule has 0 heterocycles. The molecule has 0 saturated carbocycles. The summed E-state index contributed by atoms with van der Waals surface area (Å²) in [5, 5.41) is 0.935. The molecule has 7 heteroatoms. The third kappa shape index (κ3) is 8.08. The van der Waals surface area contributed by atoms with Crippen LogP contribution in [0.15, 0.2) is 36.4 Å². The van der Waals surface area contributed by atoms with Gasteiger partial charge in [0.2, 0.25) is 0 Å². The summed E-state index contributed by atoms with van der Waals surface area (Å²) in [6.45, 7) is 5.16. The minimum absolute atomic E-state index is 0. The summed E-state index contributed by atoms with van der Waals surface area (Å²) in [6, 6.07) is 11.2. The van der Waals surface area contributed by atoms with Crippen LogP contribution in [0, 0.1) is 5.92 Å². The van der Waals surface area contributed by atoms with Gasteiger partial charge in [0, 0.05) is 31.0 Å². The Labute approximate surface area is 200 Å². The Bertz CT molecular complexity index is 785. The number of unbranched alkanes of at least 4 members (excludes halogenated alkanes) is 1. The van der Waals surface area contributed by atoms with E-state index in [9.17, 15) is 4.79 Å². The van der Waals surface area contributed by atoms with Crippen molar-refractivity contribution in [3.8, 4) is 23.0 Å². The molecule has 0 spiro atoms. The van der Waals surface area contributed by atoms with Gasteiger partial charge in [0.05, 0.1) is 27.9 Å². The van der Waals surface area contributed by atoms with Crippen LogP contribution in [0.4, 0.5) is 0 Å². The van der Waals surface area contributed by atoms with Crippen molar-refractivity contribution < 1.29 is 23.7 Å². The summed E-state index contributed by atoms with van der Waals surface area (Å²) < 4.78 is 22.0. The Morgan fingerprint density at radius 1 is 0.935 bits per heavy atom. The van der Waals surface area contributed by atoms with Crippen molar-refractivity contribution in [1.82, 2.24) is 0 Å². The Morgan fingerprint density at radius 2 is 1.55 bits per heavy atom. The van der Waals surface area contributed by atoms with Crippen molar-refractivity contribution in [2.45, 2.75) is 39.5 Å². The van der Waals surface area contributed by atoms with E-state index in [0.29, 0.717) is 28.7 Å². The summed E-state index contributed by atoms with van der Waals surface area (Å²) >= 11 is 0. The van der Waals surface area contributed by atoms with Gasteiger partial charge in [-0.25, -0.2) is 0 Å². The third-order valence-corrected chi connectivity index (χ3v) is 6.18. The van der Waals surface area contributed by atoms with Gasteiger partial charge in [0.1, 0.15) is 28.6 Å². The molecule has 2 rings (SSSR count). The number of hydrogen-bond donors (Lipinski definition) is 0. The molecular weight excluding hydrogens is 406 g/mol. The topological polar surface area (TPSA) is 54.0 Å². The summed E-state index contributed by atoms with van der Waals surface area (Å²) in [5.41, 5.74) is 0.381. The van der Waals surface area contributed by atoms with E-state index in [0.717, 1.165) is 24.1 Å². The second kappa shape index (κ2) is 14.4. The summed E-state index contributed by atoms with van der Waals surface area (Å²) in [6.07, 6.45) is 4.78. The van der Waals surface area contributed by atoms with Gasteiger partial charge in [-0.15, -0.1) is 0 Å². The predicted molar refractivity (Wildman–Crippen MR) is 129 cm³/mol. The minimum Gasteiger partial charge on any atom is -0.496 e. The summed E-state index contributed by atoms with van der Waals surface area (Å²) in [5.74, 6) is 2.89. The first kappa shape index (κ1) is 27.4. The van der Waals surface area contributed by atoms with Crippen molar-refractivity contribution in [1.29, 1.82) is 0 Å². The van der Waals surface area contributed by atoms with Gasteiger partial charge in [-0.3, -0.25) is 4.79 Å². The fourth-order valence-corrected chi connectivity index (χ4v) is 4.14. The van der Waals surface area contributed by atoms with E-state index in [4.69, 9.17) is 18.9 Å². The maximum atomic E-state index is 13.0. The first-order chi connectivity index (χ1) is 14.6. The zero-order chi connectivity index (χ0) is 21.9. The van der Waals surface area contributed by atoms with Crippen LogP contribution < -0.4 is 24.3 Å². The Balaban J connectivity index is 0.00000480. The van der Waals surface area contributed by atoms with Gasteiger partial charge in [-0.2, -0.15) is 0 Å². The molecule has 5 nitrogen and oxygen atoms in total. The van der Waals surface area contributed by atoms with Crippen LogP contribution in [0.2, 0.25) is 0 Å². The van der Waals surface area contributed by atoms with Crippen molar-refractivity contribution >= 4 is 38.3 Å². The average molecular weight is 439 g/mol. The first-order valence-electron chi connectivity index (χ1n) is 10.4. The van der Waals surface area contributed by atoms with E-state index in [-0.39, 0.29) is 33.0 Å². The van der Waals surface area contributed by atoms with Crippen LogP contribution in [-0.2, 0) is 0 Å². The SMILES string of the molecule is CCCCC(CC)COc1ccc(PC(=O)c2c(OC)cc(OC)cc2OC)cc1.[Li]. The molecular formula is C24H33LiO5P. The Kier molecular flexibility index (Phi) is 12.7. The molecule has 0 aromatic heterocycles. The molecule has 31 heavy (non-hydrogen) atoms. The zero-order valence-electron chi connectivity index (χ0n) is 19.6. The van der Waals surface area contributed by atoms with Crippen LogP contribution >= 0.6 is 8.58 Å². The van der Waals surface area contributed by atoms with E-state index >= 15 is 0 Å². The number of ether oxygens (including phenoxy) is 4. The predicted octanol–water partition coefficient (Wildman–Crippen LogP) is 5.07. The molecule has 1 radical (unpaired) electrons. The van der Waals surface area contributed by atoms with Gasteiger partial charge in [-0.1, -0.05) is 45.2 Å². The number of methoxy groups -OCH3 is 3. The van der Waals surface area contributed by atoms with Crippen LogP contribution in [0.5, 0.6) is 23.0 Å². The smallest absolute Gasteiger partial charge is 0.193 e. The maximum absolute atomic E-state index is 13.0. The van der Waals surface area contributed by atoms with Gasteiger partial charge >= 0.3 is 0 Å². The van der Waals surface area contributed by atoms with E-state index in [2.05, 4.69) is 13.8 Å². The van der Waals surface area contributed by atoms with Gasteiger partial charge in [0.25, 0.3) is 0 Å². The van der Waals surface area contributed by atoms with Crippen LogP contribution in [0.3, 0.4) is 0 Å². The van der Waals surface area contributed by atoms with Crippen LogP contribution in [0.25, 0.3) is 0 Å². The van der Waals surface area contributed by atoms with Crippen molar-refractivity contribution in [3.05, 3.63) is 42.0 Å². The van der Waals surface area contributed by atoms with Crippen molar-refractivity contribution in [2.24, 2.45) is 5.92 Å². The normalized spacial score (nSPS) is 11.6. The molecule has 2 atom stereocenters. The molecule has 2 aromatic rings. The fourth-order valence-electron chi connectivity index (χ4n) is 3.17. The fraction of sp³-hybridized carbons (Fsp3) is 0.458. The quantitative estimate of drug-likeness (QED) is 0.322. The molecule has 2 aromatic carbocycles. The standard InChI is InChI=1S/C24H33O5P.Li/c1-6-8-9-17(7-2)16-29-18-10-12-20(13-11-18)30-24(25)23-21(27-4)14-19(26-3)15-22(23)28-5;/h10-15,17,30H,6-9,16H2,1-5H3;. The zero-order valence-corrected chi connectivity index (χ0v) is 20.6. The molecule has 0 aliphatic heterocycles. The molecule has 0 amide bonds. The van der Waals surface area contributed by atoms with E-state index in [1.807, 2.05) is 24.3 Å². The maximum Gasteiger partial charge on any atom is 0.193 e. The number of rotatable bonds is 13. The summed E-state index contributed by atoms with van der Waals surface area (Å²) in [7, 11) is 4.58. The van der Waals surface area contributed by atoms with E-state index in [1.54, 1.807) is 19.2 Å². The largest absolute Gasteiger partial charge is 0.496 e. The Hall–Kier alpha value is -1.66. The third-order valence-electron chi connectivity index (χ3n) is 5.08. The average Bonchev–Trinajstić information content (AvgIpc) is 2.79. The molecule has 0 aliphatic carbocycles. The van der Waals surface area contributed by atoms with Gasteiger partial charge < -0.3 is 18.9 Å². The van der Waals surface area contributed by atoms with Crippen molar-refractivity contribution in [3.63, 3.8) is 0 Å².